The lowest BCUT2D eigenvalue weighted by molar-refractivity contribution is -0.0574. The third-order valence-corrected chi connectivity index (χ3v) is 6.58. The van der Waals surface area contributed by atoms with E-state index >= 15 is 0 Å². The molecule has 0 spiro atoms. The molecule has 0 radical (unpaired) electrons. The zero-order valence-electron chi connectivity index (χ0n) is 17.7. The number of benzene rings is 2. The number of nitrogens with one attached hydrogen (secondary N) is 1. The van der Waals surface area contributed by atoms with E-state index < -0.39 is 5.60 Å². The van der Waals surface area contributed by atoms with Crippen molar-refractivity contribution in [1.82, 2.24) is 19.9 Å². The lowest BCUT2D eigenvalue weighted by Gasteiger charge is -2.41. The Balaban J connectivity index is 1.35. The van der Waals surface area contributed by atoms with E-state index in [4.69, 9.17) is 16.3 Å². The number of aromatic nitrogens is 3. The van der Waals surface area contributed by atoms with Gasteiger partial charge in [-0.25, -0.2) is 9.97 Å². The highest BCUT2D eigenvalue weighted by Crippen LogP contribution is 2.40. The number of nitrogens with zero attached hydrogens (tertiary/aromatic N) is 3. The maximum atomic E-state index is 13.2. The molecule has 7 heteroatoms. The van der Waals surface area contributed by atoms with Crippen molar-refractivity contribution in [3.63, 3.8) is 0 Å². The number of H-pyrrole nitrogens is 1. The fourth-order valence-electron chi connectivity index (χ4n) is 4.41. The van der Waals surface area contributed by atoms with Gasteiger partial charge in [0.15, 0.2) is 5.82 Å². The highest BCUT2D eigenvalue weighted by Gasteiger charge is 2.39. The number of halogens is 1. The molecule has 1 fully saturated rings. The molecule has 1 saturated heterocycles. The van der Waals surface area contributed by atoms with E-state index in [0.717, 1.165) is 16.5 Å². The minimum Gasteiger partial charge on any atom is -0.373 e. The molecule has 0 aliphatic carbocycles. The number of piperidine rings is 1. The molecule has 0 atom stereocenters. The molecule has 1 amide bonds. The van der Waals surface area contributed by atoms with Gasteiger partial charge in [-0.05, 0) is 25.0 Å². The second-order valence-electron chi connectivity index (χ2n) is 8.02. The van der Waals surface area contributed by atoms with Crippen LogP contribution in [0.1, 0.15) is 28.9 Å². The zero-order valence-corrected chi connectivity index (χ0v) is 18.5. The van der Waals surface area contributed by atoms with Gasteiger partial charge in [-0.1, -0.05) is 60.1 Å². The van der Waals surface area contributed by atoms with Crippen molar-refractivity contribution >= 4 is 28.5 Å². The van der Waals surface area contributed by atoms with Crippen molar-refractivity contribution in [2.75, 3.05) is 20.2 Å². The van der Waals surface area contributed by atoms with Gasteiger partial charge in [-0.15, -0.1) is 0 Å². The van der Waals surface area contributed by atoms with Crippen LogP contribution in [-0.4, -0.2) is 46.0 Å². The van der Waals surface area contributed by atoms with Gasteiger partial charge in [-0.3, -0.25) is 4.79 Å². The molecule has 2 aromatic carbocycles. The third-order valence-electron chi connectivity index (χ3n) is 6.25. The molecule has 2 aromatic heterocycles. The van der Waals surface area contributed by atoms with Gasteiger partial charge >= 0.3 is 0 Å². The number of aromatic amines is 1. The number of ether oxygens (including phenoxy) is 1. The van der Waals surface area contributed by atoms with Crippen molar-refractivity contribution in [1.29, 1.82) is 0 Å². The highest BCUT2D eigenvalue weighted by molar-refractivity contribution is 6.31. The Labute approximate surface area is 191 Å². The summed E-state index contributed by atoms with van der Waals surface area (Å²) in [7, 11) is 1.71. The molecular weight excluding hydrogens is 424 g/mol. The first-order chi connectivity index (χ1) is 15.6. The van der Waals surface area contributed by atoms with E-state index in [-0.39, 0.29) is 5.91 Å². The van der Waals surface area contributed by atoms with Crippen LogP contribution in [0.2, 0.25) is 5.02 Å². The molecule has 0 unspecified atom stereocenters. The van der Waals surface area contributed by atoms with Crippen LogP contribution in [0.4, 0.5) is 0 Å². The van der Waals surface area contributed by atoms with Gasteiger partial charge in [0, 0.05) is 47.9 Å². The Kier molecular flexibility index (Phi) is 5.41. The number of methoxy groups -OCH3 is 1. The van der Waals surface area contributed by atoms with Crippen LogP contribution in [0.3, 0.4) is 0 Å². The van der Waals surface area contributed by atoms with Gasteiger partial charge in [-0.2, -0.15) is 0 Å². The molecule has 4 aromatic rings. The number of hydrogen-bond acceptors (Lipinski definition) is 4. The Bertz CT molecular complexity index is 1260. The predicted octanol–water partition coefficient (Wildman–Crippen LogP) is 5.06. The summed E-state index contributed by atoms with van der Waals surface area (Å²) in [6.45, 7) is 1.16. The van der Waals surface area contributed by atoms with Gasteiger partial charge in [0.2, 0.25) is 0 Å². The number of rotatable bonds is 4. The molecule has 1 aliphatic rings. The largest absolute Gasteiger partial charge is 0.373 e. The van der Waals surface area contributed by atoms with Crippen LogP contribution in [-0.2, 0) is 10.3 Å². The fourth-order valence-corrected chi connectivity index (χ4v) is 4.72. The normalized spacial score (nSPS) is 15.8. The molecule has 162 valence electrons. The van der Waals surface area contributed by atoms with Crippen LogP contribution >= 0.6 is 11.6 Å². The first-order valence-electron chi connectivity index (χ1n) is 10.6. The van der Waals surface area contributed by atoms with Gasteiger partial charge < -0.3 is 14.6 Å². The van der Waals surface area contributed by atoms with E-state index in [0.29, 0.717) is 48.1 Å². The average molecular weight is 447 g/mol. The minimum atomic E-state index is -0.481. The van der Waals surface area contributed by atoms with E-state index in [1.165, 1.54) is 0 Å². The van der Waals surface area contributed by atoms with Crippen molar-refractivity contribution in [3.8, 4) is 11.4 Å². The molecule has 1 aliphatic heterocycles. The summed E-state index contributed by atoms with van der Waals surface area (Å²) < 4.78 is 5.93. The van der Waals surface area contributed by atoms with Crippen LogP contribution < -0.4 is 0 Å². The molecule has 3 heterocycles. The van der Waals surface area contributed by atoms with Crippen LogP contribution in [0, 0.1) is 0 Å². The number of likely N-dealkylation sites (tertiary alicyclic amines) is 1. The SMILES string of the molecule is COC1(c2ccccc2Cl)CCN(C(=O)c2cc3cnc(-c4ccccc4)nc3[nH]2)CC1. The number of amides is 1. The third kappa shape index (κ3) is 3.66. The molecule has 0 bridgehead atoms. The van der Waals surface area contributed by atoms with Crippen molar-refractivity contribution in [3.05, 3.63) is 83.1 Å². The van der Waals surface area contributed by atoms with Gasteiger partial charge in [0.1, 0.15) is 11.3 Å². The Morgan fingerprint density at radius 2 is 1.81 bits per heavy atom. The van der Waals surface area contributed by atoms with Crippen molar-refractivity contribution in [2.24, 2.45) is 0 Å². The summed E-state index contributed by atoms with van der Waals surface area (Å²) in [4.78, 5) is 27.3. The second-order valence-corrected chi connectivity index (χ2v) is 8.42. The van der Waals surface area contributed by atoms with Gasteiger partial charge in [0.05, 0.1) is 5.60 Å². The summed E-state index contributed by atoms with van der Waals surface area (Å²) in [5.41, 5.74) is 2.60. The summed E-state index contributed by atoms with van der Waals surface area (Å²) in [6, 6.07) is 19.4. The maximum absolute atomic E-state index is 13.2. The summed E-state index contributed by atoms with van der Waals surface area (Å²) in [5.74, 6) is 0.578. The number of hydrogen-bond donors (Lipinski definition) is 1. The van der Waals surface area contributed by atoms with E-state index in [9.17, 15) is 4.79 Å². The summed E-state index contributed by atoms with van der Waals surface area (Å²) in [5, 5.41) is 1.50. The minimum absolute atomic E-state index is 0.0480. The van der Waals surface area contributed by atoms with Crippen molar-refractivity contribution in [2.45, 2.75) is 18.4 Å². The van der Waals surface area contributed by atoms with E-state index in [1.807, 2.05) is 65.6 Å². The number of carbonyl (C=O) groups is 1. The van der Waals surface area contributed by atoms with E-state index in [1.54, 1.807) is 13.3 Å². The second kappa shape index (κ2) is 8.37. The van der Waals surface area contributed by atoms with Crippen LogP contribution in [0.15, 0.2) is 66.9 Å². The topological polar surface area (TPSA) is 71.1 Å². The molecule has 0 saturated carbocycles. The monoisotopic (exact) mass is 446 g/mol. The van der Waals surface area contributed by atoms with E-state index in [2.05, 4.69) is 15.0 Å². The van der Waals surface area contributed by atoms with Crippen LogP contribution in [0.5, 0.6) is 0 Å². The predicted molar refractivity (Wildman–Crippen MR) is 125 cm³/mol. The zero-order chi connectivity index (χ0) is 22.1. The first kappa shape index (κ1) is 20.7. The maximum Gasteiger partial charge on any atom is 0.270 e. The van der Waals surface area contributed by atoms with Crippen LogP contribution in [0.25, 0.3) is 22.4 Å². The molecule has 6 nitrogen and oxygen atoms in total. The fraction of sp³-hybridized carbons (Fsp3) is 0.240. The Morgan fingerprint density at radius 1 is 1.09 bits per heavy atom. The molecule has 32 heavy (non-hydrogen) atoms. The molecule has 1 N–H and O–H groups in total. The highest BCUT2D eigenvalue weighted by atomic mass is 35.5. The number of fused-ring (bicyclic) bond motifs is 1. The van der Waals surface area contributed by atoms with Gasteiger partial charge in [0.25, 0.3) is 5.91 Å². The lowest BCUT2D eigenvalue weighted by atomic mass is 9.84. The summed E-state index contributed by atoms with van der Waals surface area (Å²) >= 11 is 6.44. The number of carbonyl (C=O) groups excluding carboxylic acids is 1. The smallest absolute Gasteiger partial charge is 0.270 e. The van der Waals surface area contributed by atoms with Crippen molar-refractivity contribution < 1.29 is 9.53 Å². The standard InChI is InChI=1S/C25H23ClN4O2/c1-32-25(19-9-5-6-10-20(19)26)11-13-30(14-12-25)24(31)21-15-18-16-27-22(29-23(18)28-21)17-7-3-2-4-8-17/h2-10,15-16H,11-14H2,1H3,(H,27,28,29). The quantitative estimate of drug-likeness (QED) is 0.475. The Morgan fingerprint density at radius 3 is 2.53 bits per heavy atom. The lowest BCUT2D eigenvalue weighted by Crippen LogP contribution is -2.46. The summed E-state index contributed by atoms with van der Waals surface area (Å²) in [6.07, 6.45) is 3.11. The molecular formula is C25H23ClN4O2. The first-order valence-corrected chi connectivity index (χ1v) is 11.0. The average Bonchev–Trinajstić information content (AvgIpc) is 3.28. The molecule has 5 rings (SSSR count). The Hall–Kier alpha value is -3.22.